The van der Waals surface area contributed by atoms with Crippen LogP contribution < -0.4 is 0 Å². The van der Waals surface area contributed by atoms with E-state index in [4.69, 9.17) is 22.8 Å². The summed E-state index contributed by atoms with van der Waals surface area (Å²) in [6.07, 6.45) is 1.05. The van der Waals surface area contributed by atoms with E-state index in [-0.39, 0.29) is 5.41 Å². The van der Waals surface area contributed by atoms with E-state index >= 15 is 0 Å². The number of carbonyl (C=O) groups excluding carboxylic acids is 1. The van der Waals surface area contributed by atoms with E-state index in [0.29, 0.717) is 5.56 Å². The van der Waals surface area contributed by atoms with E-state index < -0.39 is 26.8 Å². The fourth-order valence-corrected chi connectivity index (χ4v) is 3.12. The van der Waals surface area contributed by atoms with Crippen LogP contribution in [0, 0.1) is 6.07 Å². The molecule has 2 radical (unpaired) electrons. The molecule has 32 heavy (non-hydrogen) atoms. The molecule has 0 bridgehead atoms. The summed E-state index contributed by atoms with van der Waals surface area (Å²) in [5.41, 5.74) is 14.1. The number of amides is 1. The Bertz CT molecular complexity index is 944. The molecule has 1 amide bonds. The molecule has 0 saturated heterocycles. The zero-order valence-electron chi connectivity index (χ0n) is 19.2. The Hall–Kier alpha value is -1.19. The molecule has 3 aromatic carbocycles. The molecule has 4 rings (SSSR count). The van der Waals surface area contributed by atoms with Crippen LogP contribution in [-0.4, -0.2) is 15.4 Å². The quantitative estimate of drug-likeness (QED) is 0.170. The van der Waals surface area contributed by atoms with Gasteiger partial charge in [-0.15, -0.1) is 5.56 Å². The predicted octanol–water partition coefficient (Wildman–Crippen LogP) is 8.40. The van der Waals surface area contributed by atoms with Gasteiger partial charge in [-0.3, -0.25) is 0 Å². The summed E-state index contributed by atoms with van der Waals surface area (Å²) in [6.45, 7) is 10.6. The van der Waals surface area contributed by atoms with Crippen molar-refractivity contribution < 1.29 is 25.6 Å². The van der Waals surface area contributed by atoms with Gasteiger partial charge in [0.05, 0.1) is 5.91 Å². The second kappa shape index (κ2) is 14.9. The number of rotatable bonds is 1. The van der Waals surface area contributed by atoms with Crippen LogP contribution in [-0.2, 0) is 32.7 Å². The first-order valence-electron chi connectivity index (χ1n) is 10.2. The zero-order chi connectivity index (χ0) is 24.1. The Morgan fingerprint density at radius 1 is 1.00 bits per heavy atom. The molecule has 166 valence electrons. The van der Waals surface area contributed by atoms with Crippen molar-refractivity contribution in [2.24, 2.45) is 0 Å². The minimum absolute atomic E-state index is 0.0332. The van der Waals surface area contributed by atoms with E-state index in [2.05, 4.69) is 76.3 Å². The van der Waals surface area contributed by atoms with Gasteiger partial charge in [-0.2, -0.15) is 29.8 Å². The van der Waals surface area contributed by atoms with Crippen LogP contribution in [0.3, 0.4) is 0 Å². The van der Waals surface area contributed by atoms with Crippen molar-refractivity contribution in [1.29, 1.82) is 0 Å². The van der Waals surface area contributed by atoms with Crippen molar-refractivity contribution in [3.63, 3.8) is 0 Å². The molecule has 1 aliphatic rings. The van der Waals surface area contributed by atoms with Crippen molar-refractivity contribution in [1.82, 2.24) is 0 Å². The van der Waals surface area contributed by atoms with Gasteiger partial charge in [-0.1, -0.05) is 87.5 Å². The second-order valence-electron chi connectivity index (χ2n) is 8.13. The molecule has 0 atom stereocenters. The zero-order valence-corrected chi connectivity index (χ0v) is 24.2. The average Bonchev–Trinajstić information content (AvgIpc) is 3.14. The summed E-state index contributed by atoms with van der Waals surface area (Å²) >= 11 is -0.826. The molecule has 0 saturated carbocycles. The third-order valence-corrected chi connectivity index (χ3v) is 4.61. The van der Waals surface area contributed by atoms with Crippen LogP contribution in [0.2, 0.25) is 13.1 Å². The summed E-state index contributed by atoms with van der Waals surface area (Å²) in [5, 5.41) is 0. The Morgan fingerprint density at radius 3 is 2.19 bits per heavy atom. The Kier molecular flexibility index (Phi) is 13.4. The van der Waals surface area contributed by atoms with Crippen LogP contribution >= 0.6 is 17.0 Å². The molecule has 0 fully saturated rings. The number of nitrogens with one attached hydrogen (secondary N) is 1. The van der Waals surface area contributed by atoms with Gasteiger partial charge in [0, 0.05) is 9.52 Å². The largest absolute Gasteiger partial charge is 0.179 e. The summed E-state index contributed by atoms with van der Waals surface area (Å²) in [5.74, 6) is -0.619. The third-order valence-electron chi connectivity index (χ3n) is 4.61. The molecular weight excluding hydrogens is 533 g/mol. The minimum atomic E-state index is -0.826. The van der Waals surface area contributed by atoms with Gasteiger partial charge in [0.15, 0.2) is 0 Å². The molecule has 0 aliphatic heterocycles. The van der Waals surface area contributed by atoms with Crippen LogP contribution in [0.15, 0.2) is 66.7 Å². The minimum Gasteiger partial charge on any atom is -0.179 e. The number of hydrogen-bond acceptors (Lipinski definition) is 1. The summed E-state index contributed by atoms with van der Waals surface area (Å²) < 4.78 is 0. The molecule has 2 nitrogen and oxygen atoms in total. The first-order valence-corrected chi connectivity index (χ1v) is 18.5. The van der Waals surface area contributed by atoms with Crippen molar-refractivity contribution in [3.05, 3.63) is 101 Å². The van der Waals surface area contributed by atoms with Crippen molar-refractivity contribution in [3.8, 4) is 11.1 Å². The average molecular weight is 562 g/mol. The van der Waals surface area contributed by atoms with E-state index in [0.717, 1.165) is 21.5 Å². The van der Waals surface area contributed by atoms with Crippen LogP contribution in [0.1, 0.15) is 47.8 Å². The van der Waals surface area contributed by atoms with Gasteiger partial charge in [-0.25, -0.2) is 0 Å². The van der Waals surface area contributed by atoms with Gasteiger partial charge < -0.3 is 10.5 Å². The first kappa shape index (κ1) is 28.8. The van der Waals surface area contributed by atoms with E-state index in [1.54, 1.807) is 12.1 Å². The molecule has 1 N–H and O–H groups in total. The maximum absolute atomic E-state index is 10.8. The number of hydrogen-bond donors (Lipinski definition) is 0. The van der Waals surface area contributed by atoms with Gasteiger partial charge in [0.2, 0.25) is 0 Å². The Morgan fingerprint density at radius 2 is 1.59 bits per heavy atom. The van der Waals surface area contributed by atoms with E-state index in [9.17, 15) is 4.79 Å². The maximum Gasteiger partial charge on any atom is -0.0253 e. The van der Waals surface area contributed by atoms with Gasteiger partial charge in [0.25, 0.3) is 0 Å². The number of halogens is 2. The summed E-state index contributed by atoms with van der Waals surface area (Å²) in [4.78, 5) is 10.8. The smallest absolute Gasteiger partial charge is 0.0253 e. The monoisotopic (exact) mass is 559 g/mol. The van der Waals surface area contributed by atoms with Gasteiger partial charge >= 0.3 is 37.9 Å². The fourth-order valence-electron chi connectivity index (χ4n) is 3.12. The molecule has 0 unspecified atom stereocenters. The van der Waals surface area contributed by atoms with E-state index in [1.807, 2.05) is 18.2 Å². The third kappa shape index (κ3) is 9.35. The number of carbonyl (C=O) groups is 1. The summed E-state index contributed by atoms with van der Waals surface area (Å²) in [6, 6.07) is 25.4. The number of benzene rings is 3. The molecule has 6 heteroatoms. The first-order chi connectivity index (χ1) is 15.2. The van der Waals surface area contributed by atoms with Crippen molar-refractivity contribution in [2.75, 3.05) is 0 Å². The molecular formula is C26H29Cl2NOSiZr. The topological polar surface area (TPSA) is 40.9 Å². The second-order valence-corrected chi connectivity index (χ2v) is 12.9. The molecule has 0 aromatic heterocycles. The molecule has 3 aromatic rings. The fraction of sp³-hybridized carbons (Fsp3) is 0.269. The van der Waals surface area contributed by atoms with Gasteiger partial charge in [-0.05, 0) is 29.0 Å². The van der Waals surface area contributed by atoms with Crippen molar-refractivity contribution in [2.45, 2.75) is 45.7 Å². The Balaban J connectivity index is 0.000000258. The van der Waals surface area contributed by atoms with Crippen LogP contribution in [0.4, 0.5) is 0 Å². The summed E-state index contributed by atoms with van der Waals surface area (Å²) in [7, 11) is 11.0. The Labute approximate surface area is 214 Å². The van der Waals surface area contributed by atoms with Crippen LogP contribution in [0.5, 0.6) is 0 Å². The SMILES string of the molecule is CC(C)(C)c1cccc(C([NH-])=O)c1.C[Si]C.[Cl][Zr+2][Cl].[c-]1cccc2c1Cc1ccccc1-2. The predicted molar refractivity (Wildman–Crippen MR) is 137 cm³/mol. The van der Waals surface area contributed by atoms with E-state index in [1.165, 1.54) is 22.3 Å². The normalized spacial score (nSPS) is 10.5. The molecule has 0 heterocycles. The standard InChI is InChI=1S/C13H9.C11H15NO.C2H6Si.2ClH.Zr/c1-3-7-12-10(5-1)9-11-6-2-4-8-13(11)12;1-11(2,3)9-6-4-5-8(7-9)10(12)13;1-3-2;;;/h1-5,7-8H,9H2;4-7H,1-3H3,(H2,12,13);1-2H3;2*1H;/q-1;;;;;+4/p-3. The molecule has 0 spiro atoms. The maximum atomic E-state index is 10.8. The van der Waals surface area contributed by atoms with Crippen molar-refractivity contribution >= 4 is 32.5 Å². The van der Waals surface area contributed by atoms with Crippen LogP contribution in [0.25, 0.3) is 16.9 Å². The molecule has 1 aliphatic carbocycles. The van der Waals surface area contributed by atoms with Gasteiger partial charge in [0.1, 0.15) is 0 Å². The number of fused-ring (bicyclic) bond motifs is 3.